The van der Waals surface area contributed by atoms with Crippen molar-refractivity contribution in [1.82, 2.24) is 0 Å². The first kappa shape index (κ1) is 27.9. The first-order valence-corrected chi connectivity index (χ1v) is 13.2. The molecule has 0 saturated carbocycles. The van der Waals surface area contributed by atoms with Gasteiger partial charge in [0, 0.05) is 18.4 Å². The monoisotopic (exact) mass is 468 g/mol. The highest BCUT2D eigenvalue weighted by Gasteiger charge is 2.16. The average molecular weight is 469 g/mol. The van der Waals surface area contributed by atoms with E-state index in [1.165, 1.54) is 49.7 Å². The lowest BCUT2D eigenvalue weighted by molar-refractivity contribution is -0.903. The summed E-state index contributed by atoms with van der Waals surface area (Å²) in [7, 11) is 4.41. The van der Waals surface area contributed by atoms with Gasteiger partial charge >= 0.3 is 5.97 Å². The number of rotatable bonds is 18. The van der Waals surface area contributed by atoms with Crippen LogP contribution in [0, 0.1) is 0 Å². The molecule has 2 aromatic rings. The second-order valence-corrected chi connectivity index (χ2v) is 9.99. The summed E-state index contributed by atoms with van der Waals surface area (Å²) in [4.78, 5) is 12.0. The first-order chi connectivity index (χ1) is 16.5. The van der Waals surface area contributed by atoms with Crippen LogP contribution in [-0.2, 0) is 22.5 Å². The minimum absolute atomic E-state index is 0.112. The molecule has 0 aliphatic heterocycles. The maximum atomic E-state index is 12.0. The minimum atomic E-state index is -0.112. The van der Waals surface area contributed by atoms with Crippen molar-refractivity contribution in [2.75, 3.05) is 33.9 Å². The molecule has 0 unspecified atom stereocenters. The van der Waals surface area contributed by atoms with Crippen molar-refractivity contribution >= 4 is 5.97 Å². The number of carbonyl (C=O) groups excluding carboxylic acids is 1. The zero-order valence-electron chi connectivity index (χ0n) is 21.8. The van der Waals surface area contributed by atoms with Gasteiger partial charge in [0.25, 0.3) is 0 Å². The van der Waals surface area contributed by atoms with Crippen LogP contribution in [-0.4, -0.2) is 44.3 Å². The quantitative estimate of drug-likeness (QED) is 0.135. The van der Waals surface area contributed by atoms with E-state index in [0.29, 0.717) is 26.1 Å². The fourth-order valence-electron chi connectivity index (χ4n) is 4.18. The molecule has 0 aliphatic rings. The number of esters is 1. The molecule has 4 nitrogen and oxygen atoms in total. The van der Waals surface area contributed by atoms with E-state index in [4.69, 9.17) is 9.47 Å². The molecule has 0 spiro atoms. The van der Waals surface area contributed by atoms with Crippen LogP contribution in [0.4, 0.5) is 0 Å². The fourth-order valence-corrected chi connectivity index (χ4v) is 4.18. The first-order valence-electron chi connectivity index (χ1n) is 13.2. The molecule has 0 N–H and O–H groups in total. The number of hydrogen-bond acceptors (Lipinski definition) is 3. The smallest absolute Gasteiger partial charge is 0.306 e. The molecular formula is C30H46NO3+. The van der Waals surface area contributed by atoms with Crippen LogP contribution in [0.2, 0.25) is 0 Å². The second kappa shape index (κ2) is 16.3. The topological polar surface area (TPSA) is 35.5 Å². The van der Waals surface area contributed by atoms with Crippen LogP contribution in [0.1, 0.15) is 75.8 Å². The summed E-state index contributed by atoms with van der Waals surface area (Å²) in [5.41, 5.74) is 2.70. The van der Waals surface area contributed by atoms with Gasteiger partial charge in [0.05, 0.1) is 40.3 Å². The molecule has 0 saturated heterocycles. The van der Waals surface area contributed by atoms with Crippen molar-refractivity contribution < 1.29 is 18.8 Å². The maximum absolute atomic E-state index is 12.0. The lowest BCUT2D eigenvalue weighted by atomic mass is 10.0. The van der Waals surface area contributed by atoms with Crippen molar-refractivity contribution in [3.05, 3.63) is 65.7 Å². The van der Waals surface area contributed by atoms with Crippen molar-refractivity contribution in [3.63, 3.8) is 0 Å². The summed E-state index contributed by atoms with van der Waals surface area (Å²) in [6, 6.07) is 18.9. The predicted molar refractivity (Wildman–Crippen MR) is 141 cm³/mol. The normalized spacial score (nSPS) is 11.4. The molecule has 34 heavy (non-hydrogen) atoms. The van der Waals surface area contributed by atoms with E-state index >= 15 is 0 Å². The summed E-state index contributed by atoms with van der Waals surface area (Å²) in [6.07, 6.45) is 11.1. The van der Waals surface area contributed by atoms with Gasteiger partial charge < -0.3 is 14.0 Å². The van der Waals surface area contributed by atoms with Crippen LogP contribution < -0.4 is 4.74 Å². The van der Waals surface area contributed by atoms with Crippen molar-refractivity contribution in [2.24, 2.45) is 0 Å². The number of nitrogens with zero attached hydrogens (tertiary/aromatic N) is 1. The number of aryl methyl sites for hydroxylation is 1. The van der Waals surface area contributed by atoms with Crippen molar-refractivity contribution in [1.29, 1.82) is 0 Å². The van der Waals surface area contributed by atoms with E-state index in [-0.39, 0.29) is 5.97 Å². The molecule has 0 aromatic heterocycles. The fraction of sp³-hybridized carbons (Fsp3) is 0.567. The molecule has 0 heterocycles. The van der Waals surface area contributed by atoms with Gasteiger partial charge in [-0.2, -0.15) is 0 Å². The highest BCUT2D eigenvalue weighted by atomic mass is 16.5. The molecule has 0 bridgehead atoms. The molecule has 0 atom stereocenters. The Morgan fingerprint density at radius 2 is 1.47 bits per heavy atom. The second-order valence-electron chi connectivity index (χ2n) is 9.99. The summed E-state index contributed by atoms with van der Waals surface area (Å²) in [5, 5.41) is 0. The Labute approximate surface area is 207 Å². The Morgan fingerprint density at radius 1 is 0.765 bits per heavy atom. The lowest BCUT2D eigenvalue weighted by Gasteiger charge is -2.29. The van der Waals surface area contributed by atoms with Crippen LogP contribution in [0.25, 0.3) is 0 Å². The molecule has 0 radical (unpaired) electrons. The van der Waals surface area contributed by atoms with E-state index in [2.05, 4.69) is 57.4 Å². The highest BCUT2D eigenvalue weighted by Crippen LogP contribution is 2.15. The number of unbranched alkanes of at least 4 members (excludes halogenated alkanes) is 5. The summed E-state index contributed by atoms with van der Waals surface area (Å²) in [6.45, 7) is 5.14. The summed E-state index contributed by atoms with van der Waals surface area (Å²) >= 11 is 0. The van der Waals surface area contributed by atoms with Crippen LogP contribution in [0.15, 0.2) is 54.6 Å². The number of quaternary nitrogens is 1. The van der Waals surface area contributed by atoms with Crippen molar-refractivity contribution in [2.45, 2.75) is 77.7 Å². The zero-order valence-corrected chi connectivity index (χ0v) is 21.8. The van der Waals surface area contributed by atoms with Gasteiger partial charge in [0.1, 0.15) is 12.3 Å². The highest BCUT2D eigenvalue weighted by molar-refractivity contribution is 5.69. The number of carbonyl (C=O) groups is 1. The summed E-state index contributed by atoms with van der Waals surface area (Å²) in [5.74, 6) is 0.773. The van der Waals surface area contributed by atoms with E-state index in [9.17, 15) is 4.79 Å². The number of ether oxygens (including phenoxy) is 2. The number of benzene rings is 2. The Hall–Kier alpha value is -2.33. The van der Waals surface area contributed by atoms with Gasteiger partial charge in [-0.05, 0) is 30.5 Å². The van der Waals surface area contributed by atoms with Gasteiger partial charge in [0.2, 0.25) is 0 Å². The van der Waals surface area contributed by atoms with Crippen LogP contribution in [0.3, 0.4) is 0 Å². The maximum Gasteiger partial charge on any atom is 0.306 e. The van der Waals surface area contributed by atoms with Gasteiger partial charge in [-0.3, -0.25) is 4.79 Å². The molecular weight excluding hydrogens is 422 g/mol. The third kappa shape index (κ3) is 12.8. The third-order valence-corrected chi connectivity index (χ3v) is 6.16. The van der Waals surface area contributed by atoms with Gasteiger partial charge in [-0.15, -0.1) is 0 Å². The zero-order chi connectivity index (χ0) is 24.5. The largest absolute Gasteiger partial charge is 0.493 e. The molecule has 4 heteroatoms. The Bertz CT molecular complexity index is 786. The SMILES string of the molecule is CCCCCCCCc1ccc(OCCCOC(=O)CCC[N+](C)(C)Cc2ccccc2)cc1. The third-order valence-electron chi connectivity index (χ3n) is 6.16. The van der Waals surface area contributed by atoms with E-state index in [1.54, 1.807) is 0 Å². The molecule has 0 fully saturated rings. The number of hydrogen-bond donors (Lipinski definition) is 0. The van der Waals surface area contributed by atoms with Gasteiger partial charge in [0.15, 0.2) is 0 Å². The van der Waals surface area contributed by atoms with Crippen molar-refractivity contribution in [3.8, 4) is 5.75 Å². The molecule has 188 valence electrons. The minimum Gasteiger partial charge on any atom is -0.493 e. The van der Waals surface area contributed by atoms with E-state index in [0.717, 1.165) is 36.2 Å². The predicted octanol–water partition coefficient (Wildman–Crippen LogP) is 6.96. The van der Waals surface area contributed by atoms with Gasteiger partial charge in [-0.1, -0.05) is 81.5 Å². The Kier molecular flexibility index (Phi) is 13.4. The van der Waals surface area contributed by atoms with Gasteiger partial charge in [-0.25, -0.2) is 0 Å². The molecule has 0 aliphatic carbocycles. The lowest BCUT2D eigenvalue weighted by Crippen LogP contribution is -2.39. The molecule has 0 amide bonds. The molecule has 2 rings (SSSR count). The Balaban J connectivity index is 1.50. The van der Waals surface area contributed by atoms with E-state index in [1.807, 2.05) is 18.2 Å². The molecule has 2 aromatic carbocycles. The average Bonchev–Trinajstić information content (AvgIpc) is 2.82. The standard InChI is InChI=1S/C30H46NO3/c1-4-5-6-7-8-10-15-27-19-21-29(22-20-27)33-24-14-25-34-30(32)18-13-23-31(2,3)26-28-16-11-9-12-17-28/h9,11-12,16-17,19-22H,4-8,10,13-15,18,23-26H2,1-3H3/q+1. The van der Waals surface area contributed by atoms with Crippen LogP contribution >= 0.6 is 0 Å². The van der Waals surface area contributed by atoms with E-state index < -0.39 is 0 Å². The van der Waals surface area contributed by atoms with Crippen LogP contribution in [0.5, 0.6) is 5.75 Å². The Morgan fingerprint density at radius 3 is 2.21 bits per heavy atom. The summed E-state index contributed by atoms with van der Waals surface area (Å²) < 4.78 is 12.1.